The third-order valence-electron chi connectivity index (χ3n) is 3.94. The summed E-state index contributed by atoms with van der Waals surface area (Å²) in [6, 6.07) is 0. The Morgan fingerprint density at radius 2 is 1.89 bits per heavy atom. The number of aliphatic hydroxyl groups is 2. The molecule has 5 nitrogen and oxygen atoms in total. The van der Waals surface area contributed by atoms with E-state index in [-0.39, 0.29) is 6.10 Å². The van der Waals surface area contributed by atoms with Crippen LogP contribution in [-0.4, -0.2) is 72.8 Å². The molecule has 1 aliphatic heterocycles. The number of aliphatic hydroxyl groups excluding tert-OH is 1. The maximum absolute atomic E-state index is 10.2. The fourth-order valence-electron chi connectivity index (χ4n) is 2.83. The largest absolute Gasteiger partial charge is 0.390 e. The van der Waals surface area contributed by atoms with Crippen LogP contribution in [0.3, 0.4) is 0 Å². The van der Waals surface area contributed by atoms with Crippen molar-refractivity contribution in [3.8, 4) is 0 Å². The van der Waals surface area contributed by atoms with Crippen LogP contribution < -0.4 is 5.32 Å². The fraction of sp³-hybridized carbons (Fsp3) is 1.00. The Morgan fingerprint density at radius 1 is 1.22 bits per heavy atom. The van der Waals surface area contributed by atoms with Gasteiger partial charge in [0.15, 0.2) is 0 Å². The molecule has 1 aliphatic carbocycles. The number of nitrogens with one attached hydrogen (secondary N) is 1. The van der Waals surface area contributed by atoms with Crippen molar-refractivity contribution in [1.29, 1.82) is 0 Å². The third kappa shape index (κ3) is 4.48. The van der Waals surface area contributed by atoms with Gasteiger partial charge in [-0.05, 0) is 12.8 Å². The zero-order valence-corrected chi connectivity index (χ0v) is 11.1. The van der Waals surface area contributed by atoms with Crippen LogP contribution in [0.1, 0.15) is 25.7 Å². The van der Waals surface area contributed by atoms with Crippen molar-refractivity contribution in [3.63, 3.8) is 0 Å². The molecule has 0 spiro atoms. The summed E-state index contributed by atoms with van der Waals surface area (Å²) >= 11 is 0. The molecule has 0 radical (unpaired) electrons. The highest BCUT2D eigenvalue weighted by atomic mass is 16.5. The molecule has 0 aromatic rings. The second kappa shape index (κ2) is 6.82. The van der Waals surface area contributed by atoms with Crippen molar-refractivity contribution in [1.82, 2.24) is 10.2 Å². The van der Waals surface area contributed by atoms with Gasteiger partial charge >= 0.3 is 0 Å². The molecule has 1 heterocycles. The predicted octanol–water partition coefficient (Wildman–Crippen LogP) is -0.426. The van der Waals surface area contributed by atoms with Gasteiger partial charge in [0.05, 0.1) is 24.9 Å². The summed E-state index contributed by atoms with van der Waals surface area (Å²) in [5.41, 5.74) is -0.529. The number of rotatable bonds is 6. The van der Waals surface area contributed by atoms with Crippen LogP contribution in [-0.2, 0) is 4.74 Å². The first-order chi connectivity index (χ1) is 8.68. The molecular formula is C13H26N2O3. The number of hydrogen-bond acceptors (Lipinski definition) is 5. The molecule has 106 valence electrons. The number of morpholine rings is 1. The molecule has 1 unspecified atom stereocenters. The highest BCUT2D eigenvalue weighted by Crippen LogP contribution is 2.28. The third-order valence-corrected chi connectivity index (χ3v) is 3.94. The average molecular weight is 258 g/mol. The Morgan fingerprint density at radius 3 is 2.56 bits per heavy atom. The lowest BCUT2D eigenvalue weighted by atomic mass is 10.0. The van der Waals surface area contributed by atoms with Crippen molar-refractivity contribution in [2.75, 3.05) is 45.9 Å². The summed E-state index contributed by atoms with van der Waals surface area (Å²) in [5.74, 6) is 0. The van der Waals surface area contributed by atoms with Gasteiger partial charge in [-0.25, -0.2) is 0 Å². The number of β-amino-alcohol motifs (C(OH)–C–C–N with tert-alkyl or cyclic N) is 1. The van der Waals surface area contributed by atoms with Gasteiger partial charge in [0.25, 0.3) is 0 Å². The monoisotopic (exact) mass is 258 g/mol. The highest BCUT2D eigenvalue weighted by molar-refractivity contribution is 4.86. The molecule has 2 aliphatic rings. The van der Waals surface area contributed by atoms with Crippen LogP contribution in [0.15, 0.2) is 0 Å². The molecule has 3 N–H and O–H groups in total. The Balaban J connectivity index is 1.57. The minimum atomic E-state index is -0.529. The SMILES string of the molecule is OC(CNCC1(O)CCCC1)CN1CCOCC1. The number of ether oxygens (including phenoxy) is 1. The molecule has 1 saturated heterocycles. The van der Waals surface area contributed by atoms with E-state index < -0.39 is 5.60 Å². The van der Waals surface area contributed by atoms with E-state index in [4.69, 9.17) is 4.74 Å². The van der Waals surface area contributed by atoms with Crippen LogP contribution in [0.5, 0.6) is 0 Å². The standard InChI is InChI=1S/C13H26N2O3/c16-12(10-15-5-7-18-8-6-15)9-14-11-13(17)3-1-2-4-13/h12,14,16-17H,1-11H2. The lowest BCUT2D eigenvalue weighted by Crippen LogP contribution is -2.46. The maximum Gasteiger partial charge on any atom is 0.0791 e. The smallest absolute Gasteiger partial charge is 0.0791 e. The Bertz CT molecular complexity index is 238. The van der Waals surface area contributed by atoms with Crippen LogP contribution in [0.2, 0.25) is 0 Å². The number of nitrogens with zero attached hydrogens (tertiary/aromatic N) is 1. The van der Waals surface area contributed by atoms with E-state index in [0.717, 1.165) is 52.0 Å². The Hall–Kier alpha value is -0.200. The van der Waals surface area contributed by atoms with Gasteiger partial charge in [0.2, 0.25) is 0 Å². The van der Waals surface area contributed by atoms with Crippen LogP contribution in [0, 0.1) is 0 Å². The van der Waals surface area contributed by atoms with E-state index in [1.807, 2.05) is 0 Å². The number of hydrogen-bond donors (Lipinski definition) is 3. The van der Waals surface area contributed by atoms with Gasteiger partial charge in [-0.15, -0.1) is 0 Å². The van der Waals surface area contributed by atoms with Gasteiger partial charge in [-0.2, -0.15) is 0 Å². The summed E-state index contributed by atoms with van der Waals surface area (Å²) in [5, 5.41) is 23.3. The molecule has 0 aromatic heterocycles. The first-order valence-corrected chi connectivity index (χ1v) is 7.09. The summed E-state index contributed by atoms with van der Waals surface area (Å²) in [4.78, 5) is 2.22. The Kier molecular flexibility index (Phi) is 5.38. The predicted molar refractivity (Wildman–Crippen MR) is 69.6 cm³/mol. The van der Waals surface area contributed by atoms with Crippen LogP contribution in [0.4, 0.5) is 0 Å². The summed E-state index contributed by atoms with van der Waals surface area (Å²) in [6.45, 7) is 5.18. The molecule has 0 amide bonds. The fourth-order valence-corrected chi connectivity index (χ4v) is 2.83. The maximum atomic E-state index is 10.2. The van der Waals surface area contributed by atoms with Crippen molar-refractivity contribution >= 4 is 0 Å². The summed E-state index contributed by atoms with van der Waals surface area (Å²) < 4.78 is 5.27. The first-order valence-electron chi connectivity index (χ1n) is 7.09. The average Bonchev–Trinajstić information content (AvgIpc) is 2.77. The lowest BCUT2D eigenvalue weighted by molar-refractivity contribution is 0.0116. The van der Waals surface area contributed by atoms with Crippen molar-refractivity contribution < 1.29 is 14.9 Å². The molecule has 5 heteroatoms. The van der Waals surface area contributed by atoms with Gasteiger partial charge < -0.3 is 20.3 Å². The van der Waals surface area contributed by atoms with E-state index in [9.17, 15) is 10.2 Å². The lowest BCUT2D eigenvalue weighted by Gasteiger charge is -2.29. The van der Waals surface area contributed by atoms with Crippen LogP contribution >= 0.6 is 0 Å². The van der Waals surface area contributed by atoms with Gasteiger partial charge in [0.1, 0.15) is 0 Å². The molecular weight excluding hydrogens is 232 g/mol. The van der Waals surface area contributed by atoms with E-state index in [0.29, 0.717) is 19.6 Å². The summed E-state index contributed by atoms with van der Waals surface area (Å²) in [6.07, 6.45) is 3.65. The van der Waals surface area contributed by atoms with Gasteiger partial charge in [-0.1, -0.05) is 12.8 Å². The molecule has 0 aromatic carbocycles. The zero-order chi connectivity index (χ0) is 12.8. The Labute approximate surface area is 109 Å². The molecule has 2 rings (SSSR count). The minimum Gasteiger partial charge on any atom is -0.390 e. The molecule has 0 bridgehead atoms. The summed E-state index contributed by atoms with van der Waals surface area (Å²) in [7, 11) is 0. The van der Waals surface area contributed by atoms with Crippen LogP contribution in [0.25, 0.3) is 0 Å². The normalized spacial score (nSPS) is 26.3. The zero-order valence-electron chi connectivity index (χ0n) is 11.1. The minimum absolute atomic E-state index is 0.367. The second-order valence-electron chi connectivity index (χ2n) is 5.63. The topological polar surface area (TPSA) is 65.0 Å². The molecule has 2 fully saturated rings. The van der Waals surface area contributed by atoms with E-state index in [2.05, 4.69) is 10.2 Å². The quantitative estimate of drug-likeness (QED) is 0.603. The van der Waals surface area contributed by atoms with Crippen molar-refractivity contribution in [3.05, 3.63) is 0 Å². The molecule has 1 atom stereocenters. The molecule has 1 saturated carbocycles. The van der Waals surface area contributed by atoms with Gasteiger partial charge in [0, 0.05) is 32.7 Å². The first kappa shape index (κ1) is 14.2. The molecule has 18 heavy (non-hydrogen) atoms. The van der Waals surface area contributed by atoms with E-state index in [1.165, 1.54) is 0 Å². The second-order valence-corrected chi connectivity index (χ2v) is 5.63. The highest BCUT2D eigenvalue weighted by Gasteiger charge is 2.30. The van der Waals surface area contributed by atoms with Gasteiger partial charge in [-0.3, -0.25) is 4.90 Å². The van der Waals surface area contributed by atoms with Crippen molar-refractivity contribution in [2.45, 2.75) is 37.4 Å². The van der Waals surface area contributed by atoms with E-state index in [1.54, 1.807) is 0 Å². The van der Waals surface area contributed by atoms with E-state index >= 15 is 0 Å². The van der Waals surface area contributed by atoms with Crippen molar-refractivity contribution in [2.24, 2.45) is 0 Å².